The van der Waals surface area contributed by atoms with Crippen LogP contribution >= 0.6 is 0 Å². The predicted octanol–water partition coefficient (Wildman–Crippen LogP) is 24.4. The maximum atomic E-state index is 10.0. The Balaban J connectivity index is 0.000000288. The first-order chi connectivity index (χ1) is 53.3. The van der Waals surface area contributed by atoms with Crippen LogP contribution in [0.2, 0.25) is 0 Å². The molecule has 15 rings (SSSR count). The van der Waals surface area contributed by atoms with Crippen molar-refractivity contribution in [2.24, 2.45) is 0 Å². The first-order valence-corrected chi connectivity index (χ1v) is 35.9. The van der Waals surface area contributed by atoms with E-state index in [2.05, 4.69) is 215 Å². The molecule has 0 aliphatic heterocycles. The SMILES string of the molecule is CC(=O)C=C(C)O.CC(=O)C=C(C)O.CC(=O)C=C(C)O.CC(=O)C=C(C)O.Cc1[c-]c(-c2ccc3ccccc3n2)cc(C)c1.Cc1cc2ccccc2nc1-c1[c-]ccc(-c2ccccc2)c1.[Ir].[Ir].[Ir].[Ir].[c-]1cc(-c2ccccc2)ccc1-c1ccc2ccccc2n1.[c-]1cc2ccccc2cc1-c1ccc2ccccc2n1. The van der Waals surface area contributed by atoms with Crippen LogP contribution in [0.4, 0.5) is 0 Å². The van der Waals surface area contributed by atoms with Crippen LogP contribution in [0.5, 0.6) is 0 Å². The quantitative estimate of drug-likeness (QED) is 0.0574. The van der Waals surface area contributed by atoms with Crippen molar-refractivity contribution in [2.45, 2.75) is 76.2 Å². The van der Waals surface area contributed by atoms with E-state index >= 15 is 0 Å². The van der Waals surface area contributed by atoms with Gasteiger partial charge in [0.1, 0.15) is 0 Å². The molecular formula is C99H88Ir4N4O8-4. The number of benzene rings is 11. The molecule has 16 heteroatoms. The number of aryl methyl sites for hydroxylation is 3. The Morgan fingerprint density at radius 3 is 1.08 bits per heavy atom. The van der Waals surface area contributed by atoms with E-state index in [0.29, 0.717) is 0 Å². The Labute approximate surface area is 728 Å². The van der Waals surface area contributed by atoms with Crippen molar-refractivity contribution in [3.63, 3.8) is 0 Å². The van der Waals surface area contributed by atoms with Gasteiger partial charge in [-0.2, -0.15) is 0 Å². The number of hydrogen-bond acceptors (Lipinski definition) is 12. The third kappa shape index (κ3) is 32.3. The summed E-state index contributed by atoms with van der Waals surface area (Å²) in [6.45, 7) is 17.7. The van der Waals surface area contributed by atoms with E-state index in [9.17, 15) is 19.2 Å². The molecule has 0 fully saturated rings. The van der Waals surface area contributed by atoms with Crippen molar-refractivity contribution in [3.05, 3.63) is 373 Å². The molecule has 12 nitrogen and oxygen atoms in total. The number of carbonyl (C=O) groups excluding carboxylic acids is 4. The van der Waals surface area contributed by atoms with Crippen molar-refractivity contribution in [2.75, 3.05) is 0 Å². The van der Waals surface area contributed by atoms with Crippen LogP contribution in [0.3, 0.4) is 0 Å². The van der Waals surface area contributed by atoms with E-state index in [0.717, 1.165) is 83.4 Å². The molecule has 0 aliphatic carbocycles. The number of para-hydroxylation sites is 4. The Morgan fingerprint density at radius 1 is 0.296 bits per heavy atom. The number of ketones is 4. The number of aliphatic hydroxyl groups excluding tert-OH is 4. The Morgan fingerprint density at radius 2 is 0.670 bits per heavy atom. The molecule has 0 bridgehead atoms. The van der Waals surface area contributed by atoms with Crippen molar-refractivity contribution in [1.82, 2.24) is 19.9 Å². The molecule has 4 radical (unpaired) electrons. The van der Waals surface area contributed by atoms with E-state index in [4.69, 9.17) is 40.4 Å². The van der Waals surface area contributed by atoms with E-state index in [-0.39, 0.29) is 127 Å². The summed E-state index contributed by atoms with van der Waals surface area (Å²) >= 11 is 0. The van der Waals surface area contributed by atoms with E-state index in [1.54, 1.807) is 0 Å². The van der Waals surface area contributed by atoms with E-state index < -0.39 is 0 Å². The minimum Gasteiger partial charge on any atom is -0.512 e. The molecule has 115 heavy (non-hydrogen) atoms. The van der Waals surface area contributed by atoms with Gasteiger partial charge in [-0.3, -0.25) is 39.1 Å². The second kappa shape index (κ2) is 49.4. The minimum atomic E-state index is -0.125. The van der Waals surface area contributed by atoms with Crippen LogP contribution in [0.25, 0.3) is 122 Å². The summed E-state index contributed by atoms with van der Waals surface area (Å²) in [5, 5.41) is 40.5. The fourth-order valence-electron chi connectivity index (χ4n) is 11.4. The summed E-state index contributed by atoms with van der Waals surface area (Å²) in [7, 11) is 0. The maximum absolute atomic E-state index is 10.0. The first kappa shape index (κ1) is 96.1. The zero-order valence-corrected chi connectivity index (χ0v) is 75.1. The van der Waals surface area contributed by atoms with Crippen LogP contribution in [-0.2, 0) is 99.6 Å². The van der Waals surface area contributed by atoms with Gasteiger partial charge in [0, 0.05) is 105 Å². The van der Waals surface area contributed by atoms with Gasteiger partial charge >= 0.3 is 0 Å². The van der Waals surface area contributed by atoms with Gasteiger partial charge in [-0.1, -0.05) is 236 Å². The molecule has 0 spiro atoms. The van der Waals surface area contributed by atoms with Gasteiger partial charge in [-0.15, -0.1) is 129 Å². The molecule has 4 aromatic heterocycles. The molecule has 4 heterocycles. The standard InChI is InChI=1S/C22H16N.C21H14N.C19H12N.C17H14N.4C5H8O2.4Ir/c1-16-14-19-10-5-6-13-21(19)23-22(16)20-12-7-11-18(15-20)17-8-3-2-4-9-17;1-2-6-16(7-3-1)17-10-12-19(13-11-17)21-15-14-18-8-4-5-9-20(18)22-21;1-2-7-16-13-17(10-9-14(16)5-1)19-12-11-15-6-3-4-8-18(15)20-19;1-12-9-13(2)11-15(10-12)17-8-7-14-5-3-4-6-16(14)18-17;4*1-4(6)3-5(2)7;;;;/h2-11,13-15H,1H3;1-12,14-15H;1-9,11-13H;3-10H,1-2H3;4*3,6H,1-2H3;;;;/q4*-1;;;;;;;;. The molecule has 592 valence electrons. The average Bonchev–Trinajstić information content (AvgIpc) is 0.811. The Bertz CT molecular complexity index is 5610. The van der Waals surface area contributed by atoms with Crippen molar-refractivity contribution in [1.29, 1.82) is 0 Å². The number of fused-ring (bicyclic) bond motifs is 5. The van der Waals surface area contributed by atoms with Gasteiger partial charge in [-0.05, 0) is 136 Å². The third-order valence-electron chi connectivity index (χ3n) is 16.1. The van der Waals surface area contributed by atoms with Crippen molar-refractivity contribution >= 4 is 77.5 Å². The molecule has 0 saturated carbocycles. The van der Waals surface area contributed by atoms with Crippen LogP contribution in [-0.4, -0.2) is 63.5 Å². The van der Waals surface area contributed by atoms with Gasteiger partial charge in [0.2, 0.25) is 0 Å². The summed E-state index contributed by atoms with van der Waals surface area (Å²) in [6, 6.07) is 111. The second-order valence-corrected chi connectivity index (χ2v) is 26.0. The first-order valence-electron chi connectivity index (χ1n) is 35.9. The van der Waals surface area contributed by atoms with Crippen LogP contribution in [0, 0.1) is 45.0 Å². The van der Waals surface area contributed by atoms with Crippen LogP contribution in [0.15, 0.2) is 332 Å². The van der Waals surface area contributed by atoms with Crippen molar-refractivity contribution in [3.8, 4) is 67.3 Å². The zero-order valence-electron chi connectivity index (χ0n) is 65.5. The molecule has 0 atom stereocenters. The number of aromatic nitrogens is 4. The average molecular weight is 2230 g/mol. The summed E-state index contributed by atoms with van der Waals surface area (Å²) in [4.78, 5) is 59.1. The maximum Gasteiger partial charge on any atom is 0.155 e. The summed E-state index contributed by atoms with van der Waals surface area (Å²) in [5.41, 5.74) is 20.5. The third-order valence-corrected chi connectivity index (χ3v) is 16.1. The normalized spacial score (nSPS) is 10.6. The minimum absolute atomic E-state index is 0. The molecule has 0 saturated heterocycles. The van der Waals surface area contributed by atoms with Gasteiger partial charge in [0.05, 0.1) is 45.1 Å². The molecule has 4 N–H and O–H groups in total. The van der Waals surface area contributed by atoms with E-state index in [1.165, 1.54) is 135 Å². The molecule has 11 aromatic carbocycles. The Hall–Kier alpha value is -11.2. The number of rotatable bonds is 10. The summed E-state index contributed by atoms with van der Waals surface area (Å²) in [5.74, 6) is -0.250. The van der Waals surface area contributed by atoms with Crippen LogP contribution in [0.1, 0.15) is 72.1 Å². The Kier molecular flexibility index (Phi) is 41.3. The fraction of sp³-hybridized carbons (Fsp3) is 0.111. The molecular weight excluding hydrogens is 2140 g/mol. The molecule has 0 unspecified atom stereocenters. The van der Waals surface area contributed by atoms with Gasteiger partial charge < -0.3 is 20.4 Å². The molecule has 0 aliphatic rings. The topological polar surface area (TPSA) is 201 Å². The smallest absolute Gasteiger partial charge is 0.155 e. The number of allylic oxidation sites excluding steroid dienone is 8. The monoisotopic (exact) mass is 2230 g/mol. The number of nitrogens with zero attached hydrogens (tertiary/aromatic N) is 4. The molecule has 0 amide bonds. The zero-order chi connectivity index (χ0) is 79.8. The van der Waals surface area contributed by atoms with Crippen LogP contribution < -0.4 is 0 Å². The summed E-state index contributed by atoms with van der Waals surface area (Å²) < 4.78 is 0. The van der Waals surface area contributed by atoms with E-state index in [1.807, 2.05) is 115 Å². The fourth-order valence-corrected chi connectivity index (χ4v) is 11.4. The van der Waals surface area contributed by atoms with Gasteiger partial charge in [0.15, 0.2) is 23.1 Å². The molecule has 15 aromatic rings. The number of hydrogen-bond donors (Lipinski definition) is 4. The second-order valence-electron chi connectivity index (χ2n) is 26.0. The largest absolute Gasteiger partial charge is 0.512 e. The number of pyridine rings is 4. The van der Waals surface area contributed by atoms with Gasteiger partial charge in [-0.25, -0.2) is 0 Å². The number of aliphatic hydroxyl groups is 4. The summed E-state index contributed by atoms with van der Waals surface area (Å²) in [6.07, 6.45) is 4.67. The van der Waals surface area contributed by atoms with Crippen molar-refractivity contribution < 1.29 is 120 Å². The number of carbonyl (C=O) groups is 4. The van der Waals surface area contributed by atoms with Gasteiger partial charge in [0.25, 0.3) is 0 Å². The predicted molar refractivity (Wildman–Crippen MR) is 455 cm³/mol.